The summed E-state index contributed by atoms with van der Waals surface area (Å²) in [6, 6.07) is 9.55. The number of aliphatic hydroxyl groups is 1. The van der Waals surface area contributed by atoms with Crippen LogP contribution in [-0.2, 0) is 4.79 Å². The van der Waals surface area contributed by atoms with Crippen LogP contribution in [0.5, 0.6) is 0 Å². The number of benzene rings is 1. The molecule has 0 spiro atoms. The van der Waals surface area contributed by atoms with Crippen LogP contribution >= 0.6 is 0 Å². The minimum Gasteiger partial charge on any atom is -0.388 e. The lowest BCUT2D eigenvalue weighted by Crippen LogP contribution is -2.41. The number of amides is 1. The van der Waals surface area contributed by atoms with E-state index in [-0.39, 0.29) is 18.4 Å². The Bertz CT molecular complexity index is 387. The largest absolute Gasteiger partial charge is 0.388 e. The van der Waals surface area contributed by atoms with Gasteiger partial charge in [-0.3, -0.25) is 4.79 Å². The zero-order chi connectivity index (χ0) is 13.0. The van der Waals surface area contributed by atoms with Crippen LogP contribution in [0.2, 0.25) is 0 Å². The van der Waals surface area contributed by atoms with E-state index in [1.54, 1.807) is 0 Å². The molecule has 0 aliphatic heterocycles. The van der Waals surface area contributed by atoms with Gasteiger partial charge in [0.15, 0.2) is 0 Å². The molecule has 1 amide bonds. The third-order valence-electron chi connectivity index (χ3n) is 3.81. The number of hydrogen-bond donors (Lipinski definition) is 2. The second-order valence-corrected chi connectivity index (χ2v) is 5.18. The Kier molecular flexibility index (Phi) is 4.37. The van der Waals surface area contributed by atoms with Crippen molar-refractivity contribution in [2.45, 2.75) is 44.8 Å². The molecule has 1 aromatic carbocycles. The maximum atomic E-state index is 11.8. The Balaban J connectivity index is 1.80. The highest BCUT2D eigenvalue weighted by Crippen LogP contribution is 2.29. The monoisotopic (exact) mass is 247 g/mol. The van der Waals surface area contributed by atoms with Gasteiger partial charge in [-0.05, 0) is 31.2 Å². The average Bonchev–Trinajstić information content (AvgIpc) is 2.27. The lowest BCUT2D eigenvalue weighted by Gasteiger charge is -2.32. The van der Waals surface area contributed by atoms with Gasteiger partial charge in [0.05, 0.1) is 12.5 Å². The van der Waals surface area contributed by atoms with Gasteiger partial charge in [0.25, 0.3) is 0 Å². The predicted octanol–water partition coefficient (Wildman–Crippen LogP) is 2.41. The van der Waals surface area contributed by atoms with E-state index in [0.29, 0.717) is 5.92 Å². The minimum absolute atomic E-state index is 0.0641. The molecule has 2 atom stereocenters. The lowest BCUT2D eigenvalue weighted by molar-refractivity contribution is -0.124. The van der Waals surface area contributed by atoms with Gasteiger partial charge >= 0.3 is 0 Å². The average molecular weight is 247 g/mol. The number of hydrogen-bond acceptors (Lipinski definition) is 2. The number of aliphatic hydroxyl groups excluding tert-OH is 1. The molecule has 1 saturated carbocycles. The van der Waals surface area contributed by atoms with Crippen LogP contribution in [0.3, 0.4) is 0 Å². The smallest absolute Gasteiger partial charge is 0.223 e. The van der Waals surface area contributed by atoms with Gasteiger partial charge in [-0.25, -0.2) is 0 Å². The standard InChI is InChI=1S/C15H21NO2/c1-11(12-8-5-9-12)16-15(18)10-14(17)13-6-3-2-4-7-13/h2-4,6-7,11-12,14,17H,5,8-10H2,1H3,(H,16,18). The van der Waals surface area contributed by atoms with Crippen molar-refractivity contribution in [1.29, 1.82) is 0 Å². The number of carbonyl (C=O) groups is 1. The summed E-state index contributed by atoms with van der Waals surface area (Å²) in [6.45, 7) is 2.05. The molecule has 18 heavy (non-hydrogen) atoms. The van der Waals surface area contributed by atoms with E-state index in [1.165, 1.54) is 19.3 Å². The maximum Gasteiger partial charge on any atom is 0.223 e. The van der Waals surface area contributed by atoms with Gasteiger partial charge in [0.2, 0.25) is 5.91 Å². The van der Waals surface area contributed by atoms with Crippen molar-refractivity contribution in [3.8, 4) is 0 Å². The van der Waals surface area contributed by atoms with Gasteiger partial charge in [-0.15, -0.1) is 0 Å². The first kappa shape index (κ1) is 13.1. The molecule has 2 N–H and O–H groups in total. The van der Waals surface area contributed by atoms with Crippen LogP contribution in [-0.4, -0.2) is 17.1 Å². The Morgan fingerprint density at radius 2 is 2.06 bits per heavy atom. The molecule has 2 unspecified atom stereocenters. The molecule has 3 heteroatoms. The van der Waals surface area contributed by atoms with Crippen molar-refractivity contribution in [2.24, 2.45) is 5.92 Å². The highest BCUT2D eigenvalue weighted by atomic mass is 16.3. The topological polar surface area (TPSA) is 49.3 Å². The molecule has 0 bridgehead atoms. The molecule has 1 aliphatic rings. The minimum atomic E-state index is -0.709. The van der Waals surface area contributed by atoms with E-state index in [4.69, 9.17) is 0 Å². The molecular formula is C15H21NO2. The van der Waals surface area contributed by atoms with Crippen LogP contribution in [0.4, 0.5) is 0 Å². The summed E-state index contributed by atoms with van der Waals surface area (Å²) in [5.74, 6) is 0.563. The van der Waals surface area contributed by atoms with E-state index >= 15 is 0 Å². The van der Waals surface area contributed by atoms with Gasteiger partial charge < -0.3 is 10.4 Å². The Morgan fingerprint density at radius 1 is 1.39 bits per heavy atom. The number of carbonyl (C=O) groups excluding carboxylic acids is 1. The van der Waals surface area contributed by atoms with E-state index in [1.807, 2.05) is 30.3 Å². The van der Waals surface area contributed by atoms with Gasteiger partial charge in [0, 0.05) is 6.04 Å². The first-order valence-electron chi connectivity index (χ1n) is 6.69. The summed E-state index contributed by atoms with van der Waals surface area (Å²) in [6.07, 6.45) is 3.13. The second-order valence-electron chi connectivity index (χ2n) is 5.18. The van der Waals surface area contributed by atoms with Crippen molar-refractivity contribution in [3.63, 3.8) is 0 Å². The highest BCUT2D eigenvalue weighted by molar-refractivity contribution is 5.77. The Morgan fingerprint density at radius 3 is 2.61 bits per heavy atom. The van der Waals surface area contributed by atoms with Crippen molar-refractivity contribution in [3.05, 3.63) is 35.9 Å². The molecular weight excluding hydrogens is 226 g/mol. The first-order chi connectivity index (χ1) is 8.66. The summed E-state index contributed by atoms with van der Waals surface area (Å²) in [5, 5.41) is 12.9. The molecule has 0 aromatic heterocycles. The van der Waals surface area contributed by atoms with Gasteiger partial charge in [-0.1, -0.05) is 36.8 Å². The van der Waals surface area contributed by atoms with Crippen LogP contribution in [0.15, 0.2) is 30.3 Å². The van der Waals surface area contributed by atoms with Crippen LogP contribution in [0.25, 0.3) is 0 Å². The SMILES string of the molecule is CC(NC(=O)CC(O)c1ccccc1)C1CCC1. The van der Waals surface area contributed by atoms with Crippen LogP contribution in [0, 0.1) is 5.92 Å². The van der Waals surface area contributed by atoms with E-state index in [9.17, 15) is 9.90 Å². The summed E-state index contributed by atoms with van der Waals surface area (Å²) in [5.41, 5.74) is 0.795. The van der Waals surface area contributed by atoms with Gasteiger partial charge in [0.1, 0.15) is 0 Å². The summed E-state index contributed by atoms with van der Waals surface area (Å²) in [7, 11) is 0. The zero-order valence-corrected chi connectivity index (χ0v) is 10.8. The quantitative estimate of drug-likeness (QED) is 0.839. The maximum absolute atomic E-state index is 11.8. The molecule has 0 saturated heterocycles. The Labute approximate surface area is 108 Å². The molecule has 1 fully saturated rings. The van der Waals surface area contributed by atoms with Gasteiger partial charge in [-0.2, -0.15) is 0 Å². The third kappa shape index (κ3) is 3.33. The fourth-order valence-electron chi connectivity index (χ4n) is 2.34. The van der Waals surface area contributed by atoms with Crippen molar-refractivity contribution >= 4 is 5.91 Å². The molecule has 2 rings (SSSR count). The Hall–Kier alpha value is -1.35. The summed E-state index contributed by atoms with van der Waals surface area (Å²) < 4.78 is 0. The molecule has 3 nitrogen and oxygen atoms in total. The van der Waals surface area contributed by atoms with Crippen LogP contribution < -0.4 is 5.32 Å². The molecule has 0 heterocycles. The summed E-state index contributed by atoms with van der Waals surface area (Å²) >= 11 is 0. The van der Waals surface area contributed by atoms with Crippen molar-refractivity contribution in [1.82, 2.24) is 5.32 Å². The second kappa shape index (κ2) is 6.01. The predicted molar refractivity (Wildman–Crippen MR) is 71.0 cm³/mol. The summed E-state index contributed by atoms with van der Waals surface area (Å²) in [4.78, 5) is 11.8. The number of nitrogens with one attached hydrogen (secondary N) is 1. The molecule has 98 valence electrons. The normalized spacial score (nSPS) is 18.8. The zero-order valence-electron chi connectivity index (χ0n) is 10.8. The molecule has 0 radical (unpaired) electrons. The third-order valence-corrected chi connectivity index (χ3v) is 3.81. The fraction of sp³-hybridized carbons (Fsp3) is 0.533. The fourth-order valence-corrected chi connectivity index (χ4v) is 2.34. The van der Waals surface area contributed by atoms with Crippen molar-refractivity contribution in [2.75, 3.05) is 0 Å². The van der Waals surface area contributed by atoms with E-state index in [0.717, 1.165) is 5.56 Å². The highest BCUT2D eigenvalue weighted by Gasteiger charge is 2.25. The molecule has 1 aromatic rings. The lowest BCUT2D eigenvalue weighted by atomic mass is 9.80. The van der Waals surface area contributed by atoms with E-state index < -0.39 is 6.10 Å². The van der Waals surface area contributed by atoms with Crippen molar-refractivity contribution < 1.29 is 9.90 Å². The van der Waals surface area contributed by atoms with Crippen LogP contribution in [0.1, 0.15) is 44.3 Å². The first-order valence-corrected chi connectivity index (χ1v) is 6.69. The number of rotatable bonds is 5. The molecule has 1 aliphatic carbocycles. The van der Waals surface area contributed by atoms with E-state index in [2.05, 4.69) is 12.2 Å².